The molecule has 0 N–H and O–H groups in total. The van der Waals surface area contributed by atoms with E-state index in [0.29, 0.717) is 11.9 Å². The van der Waals surface area contributed by atoms with Gasteiger partial charge in [0.15, 0.2) is 4.90 Å². The molecule has 0 atom stereocenters. The van der Waals surface area contributed by atoms with E-state index in [-0.39, 0.29) is 16.3 Å². The SMILES string of the molecule is C[S+](C)c1cnc(-n2c3ccccc3c3cc(-c4ccc5c(c4)c4ccccc4n5-c4ncc(C(C)(C)C)cn4)ccc32)nc1. The van der Waals surface area contributed by atoms with Crippen molar-refractivity contribution in [2.75, 3.05) is 12.5 Å². The fourth-order valence-corrected chi connectivity index (χ4v) is 6.72. The molecule has 4 aromatic heterocycles. The number of hydrogen-bond acceptors (Lipinski definition) is 4. The quantitative estimate of drug-likeness (QED) is 0.188. The van der Waals surface area contributed by atoms with Gasteiger partial charge < -0.3 is 0 Å². The Hall–Kier alpha value is -5.01. The topological polar surface area (TPSA) is 61.4 Å². The maximum Gasteiger partial charge on any atom is 0.234 e. The van der Waals surface area contributed by atoms with Gasteiger partial charge in [-0.05, 0) is 58.5 Å². The highest BCUT2D eigenvalue weighted by atomic mass is 32.2. The van der Waals surface area contributed by atoms with Gasteiger partial charge in [0.25, 0.3) is 0 Å². The van der Waals surface area contributed by atoms with E-state index in [1.807, 2.05) is 24.8 Å². The van der Waals surface area contributed by atoms with Crippen molar-refractivity contribution in [3.63, 3.8) is 0 Å². The molecule has 0 radical (unpaired) electrons. The highest BCUT2D eigenvalue weighted by Gasteiger charge is 2.19. The van der Waals surface area contributed by atoms with Crippen LogP contribution in [0.4, 0.5) is 0 Å². The monoisotopic (exact) mass is 605 g/mol. The predicted octanol–water partition coefficient (Wildman–Crippen LogP) is 8.66. The molecule has 45 heavy (non-hydrogen) atoms. The maximum atomic E-state index is 4.81. The second-order valence-corrected chi connectivity index (χ2v) is 14.8. The summed E-state index contributed by atoms with van der Waals surface area (Å²) in [6, 6.07) is 30.4. The molecular weight excluding hydrogens is 573 g/mol. The summed E-state index contributed by atoms with van der Waals surface area (Å²) in [6.45, 7) is 6.54. The van der Waals surface area contributed by atoms with Crippen LogP contribution in [0.5, 0.6) is 0 Å². The lowest BCUT2D eigenvalue weighted by Crippen LogP contribution is -2.13. The van der Waals surface area contributed by atoms with Crippen molar-refractivity contribution in [3.8, 4) is 23.0 Å². The van der Waals surface area contributed by atoms with Crippen LogP contribution in [0.3, 0.4) is 0 Å². The van der Waals surface area contributed by atoms with Gasteiger partial charge in [0, 0.05) is 44.8 Å². The van der Waals surface area contributed by atoms with Crippen molar-refractivity contribution in [1.82, 2.24) is 29.1 Å². The van der Waals surface area contributed by atoms with Gasteiger partial charge in [0.05, 0.1) is 34.5 Å². The second-order valence-electron chi connectivity index (χ2n) is 12.7. The number of para-hydroxylation sites is 2. The molecule has 0 saturated carbocycles. The average molecular weight is 606 g/mol. The molecule has 0 fully saturated rings. The summed E-state index contributed by atoms with van der Waals surface area (Å²) in [7, 11) is 0.111. The maximum absolute atomic E-state index is 4.81. The Morgan fingerprint density at radius 3 is 1.38 bits per heavy atom. The minimum Gasteiger partial charge on any atom is -0.278 e. The fourth-order valence-electron chi connectivity index (χ4n) is 6.20. The zero-order valence-corrected chi connectivity index (χ0v) is 26.8. The molecule has 4 aromatic carbocycles. The van der Waals surface area contributed by atoms with Gasteiger partial charge >= 0.3 is 0 Å². The van der Waals surface area contributed by atoms with Crippen LogP contribution in [0.2, 0.25) is 0 Å². The van der Waals surface area contributed by atoms with Gasteiger partial charge in [-0.1, -0.05) is 69.3 Å². The summed E-state index contributed by atoms with van der Waals surface area (Å²) in [5, 5.41) is 4.71. The van der Waals surface area contributed by atoms with E-state index in [4.69, 9.17) is 19.9 Å². The Balaban J connectivity index is 1.28. The van der Waals surface area contributed by atoms with Crippen molar-refractivity contribution in [2.45, 2.75) is 31.1 Å². The van der Waals surface area contributed by atoms with Crippen LogP contribution >= 0.6 is 0 Å². The molecular formula is C38H33N6S+. The van der Waals surface area contributed by atoms with Gasteiger partial charge in [-0.2, -0.15) is 0 Å². The van der Waals surface area contributed by atoms with Crippen LogP contribution in [0.1, 0.15) is 26.3 Å². The molecule has 7 heteroatoms. The van der Waals surface area contributed by atoms with Crippen molar-refractivity contribution >= 4 is 54.5 Å². The minimum absolute atomic E-state index is 0.00659. The highest BCUT2D eigenvalue weighted by Crippen LogP contribution is 2.37. The smallest absolute Gasteiger partial charge is 0.234 e. The van der Waals surface area contributed by atoms with Crippen molar-refractivity contribution in [2.24, 2.45) is 0 Å². The number of nitrogens with zero attached hydrogens (tertiary/aromatic N) is 6. The van der Waals surface area contributed by atoms with E-state index in [0.717, 1.165) is 43.7 Å². The fraction of sp³-hybridized carbons (Fsp3) is 0.158. The molecule has 4 heterocycles. The van der Waals surface area contributed by atoms with E-state index >= 15 is 0 Å². The molecule has 0 aliphatic heterocycles. The van der Waals surface area contributed by atoms with E-state index in [2.05, 4.69) is 127 Å². The Morgan fingerprint density at radius 2 is 0.933 bits per heavy atom. The Morgan fingerprint density at radius 1 is 0.511 bits per heavy atom. The number of fused-ring (bicyclic) bond motifs is 6. The molecule has 8 aromatic rings. The van der Waals surface area contributed by atoms with Crippen LogP contribution in [0.25, 0.3) is 66.6 Å². The summed E-state index contributed by atoms with van der Waals surface area (Å²) in [6.07, 6.45) is 12.2. The third kappa shape index (κ3) is 4.49. The highest BCUT2D eigenvalue weighted by molar-refractivity contribution is 7.95. The summed E-state index contributed by atoms with van der Waals surface area (Å²) in [5.41, 5.74) is 7.80. The van der Waals surface area contributed by atoms with Crippen molar-refractivity contribution in [3.05, 3.63) is 115 Å². The Labute approximate surface area is 264 Å². The third-order valence-electron chi connectivity index (χ3n) is 8.67. The predicted molar refractivity (Wildman–Crippen MR) is 188 cm³/mol. The lowest BCUT2D eigenvalue weighted by Gasteiger charge is -2.18. The van der Waals surface area contributed by atoms with Crippen LogP contribution < -0.4 is 0 Å². The zero-order valence-electron chi connectivity index (χ0n) is 26.0. The summed E-state index contributed by atoms with van der Waals surface area (Å²) < 4.78 is 4.34. The summed E-state index contributed by atoms with van der Waals surface area (Å²) in [4.78, 5) is 20.3. The van der Waals surface area contributed by atoms with Crippen LogP contribution in [0.15, 0.2) is 115 Å². The summed E-state index contributed by atoms with van der Waals surface area (Å²) in [5.74, 6) is 1.37. The molecule has 8 rings (SSSR count). The largest absolute Gasteiger partial charge is 0.278 e. The molecule has 0 saturated heterocycles. The lowest BCUT2D eigenvalue weighted by atomic mass is 9.89. The second kappa shape index (κ2) is 10.3. The molecule has 0 unspecified atom stereocenters. The standard InChI is InChI=1S/C38H33N6S/c1-38(2,3)26-20-39-36(40-21-26)43-32-12-8-6-10-28(32)30-18-24(14-16-34(30)43)25-15-17-35-31(19-25)29-11-7-9-13-33(29)44(35)37-41-22-27(23-42-37)45(4)5/h6-23H,1-5H3/q+1. The molecule has 0 aliphatic carbocycles. The first kappa shape index (κ1) is 27.5. The van der Waals surface area contributed by atoms with Gasteiger partial charge in [0.2, 0.25) is 11.9 Å². The van der Waals surface area contributed by atoms with E-state index < -0.39 is 0 Å². The Bertz CT molecular complexity index is 2380. The molecule has 0 aliphatic rings. The third-order valence-corrected chi connectivity index (χ3v) is 9.82. The lowest BCUT2D eigenvalue weighted by molar-refractivity contribution is 0.583. The van der Waals surface area contributed by atoms with Gasteiger partial charge in [-0.25, -0.2) is 19.9 Å². The van der Waals surface area contributed by atoms with Crippen LogP contribution in [0, 0.1) is 0 Å². The number of aromatic nitrogens is 6. The van der Waals surface area contributed by atoms with Gasteiger partial charge in [-0.3, -0.25) is 9.13 Å². The first-order valence-electron chi connectivity index (χ1n) is 15.1. The number of hydrogen-bond donors (Lipinski definition) is 0. The number of benzene rings is 4. The Kier molecular flexibility index (Phi) is 6.29. The van der Waals surface area contributed by atoms with E-state index in [9.17, 15) is 0 Å². The van der Waals surface area contributed by atoms with Crippen LogP contribution in [-0.4, -0.2) is 41.6 Å². The molecule has 0 spiro atoms. The molecule has 220 valence electrons. The molecule has 0 bridgehead atoms. The zero-order chi connectivity index (χ0) is 30.9. The van der Waals surface area contributed by atoms with Crippen LogP contribution in [-0.2, 0) is 16.3 Å². The van der Waals surface area contributed by atoms with E-state index in [1.54, 1.807) is 0 Å². The molecule has 0 amide bonds. The first-order chi connectivity index (χ1) is 21.8. The van der Waals surface area contributed by atoms with Gasteiger partial charge in [-0.15, -0.1) is 0 Å². The average Bonchev–Trinajstić information content (AvgIpc) is 3.56. The van der Waals surface area contributed by atoms with Crippen molar-refractivity contribution in [1.29, 1.82) is 0 Å². The minimum atomic E-state index is -0.00659. The normalized spacial score (nSPS) is 12.3. The van der Waals surface area contributed by atoms with Crippen molar-refractivity contribution < 1.29 is 0 Å². The molecule has 6 nitrogen and oxygen atoms in total. The number of rotatable bonds is 4. The first-order valence-corrected chi connectivity index (χ1v) is 17.1. The summed E-state index contributed by atoms with van der Waals surface area (Å²) >= 11 is 0. The van der Waals surface area contributed by atoms with Gasteiger partial charge in [0.1, 0.15) is 12.5 Å². The van der Waals surface area contributed by atoms with E-state index in [1.165, 1.54) is 21.5 Å².